The van der Waals surface area contributed by atoms with E-state index in [1.54, 1.807) is 0 Å². The molecule has 2 fully saturated rings. The molecule has 2 rings (SSSR count). The van der Waals surface area contributed by atoms with Gasteiger partial charge in [0.15, 0.2) is 0 Å². The standard InChI is InChI=1S/C11H20N2O2/c12-6-2-7-13(9-4-5-9)11(14)10-3-1-8-15-10/h9-10H,1-8,12H2. The highest BCUT2D eigenvalue weighted by molar-refractivity contribution is 5.81. The number of hydrogen-bond acceptors (Lipinski definition) is 3. The molecule has 2 aliphatic rings. The van der Waals surface area contributed by atoms with Crippen molar-refractivity contribution in [2.75, 3.05) is 19.7 Å². The fourth-order valence-electron chi connectivity index (χ4n) is 2.08. The lowest BCUT2D eigenvalue weighted by atomic mass is 10.2. The molecule has 1 saturated carbocycles. The van der Waals surface area contributed by atoms with Gasteiger partial charge in [-0.1, -0.05) is 0 Å². The average molecular weight is 212 g/mol. The van der Waals surface area contributed by atoms with Crippen LogP contribution in [0.4, 0.5) is 0 Å². The summed E-state index contributed by atoms with van der Waals surface area (Å²) < 4.78 is 5.43. The van der Waals surface area contributed by atoms with Crippen LogP contribution in [-0.2, 0) is 9.53 Å². The first-order valence-corrected chi connectivity index (χ1v) is 5.95. The van der Waals surface area contributed by atoms with Gasteiger partial charge in [0.05, 0.1) is 0 Å². The largest absolute Gasteiger partial charge is 0.368 e. The lowest BCUT2D eigenvalue weighted by Crippen LogP contribution is -2.41. The molecule has 1 aliphatic carbocycles. The van der Waals surface area contributed by atoms with Gasteiger partial charge in [-0.3, -0.25) is 4.79 Å². The Morgan fingerprint density at radius 1 is 1.40 bits per heavy atom. The van der Waals surface area contributed by atoms with Crippen molar-refractivity contribution in [3.05, 3.63) is 0 Å². The molecule has 0 spiro atoms. The molecular formula is C11H20N2O2. The van der Waals surface area contributed by atoms with Gasteiger partial charge in [0.2, 0.25) is 0 Å². The van der Waals surface area contributed by atoms with Gasteiger partial charge in [-0.05, 0) is 38.6 Å². The second kappa shape index (κ2) is 4.94. The van der Waals surface area contributed by atoms with Crippen LogP contribution in [0.2, 0.25) is 0 Å². The summed E-state index contributed by atoms with van der Waals surface area (Å²) in [6, 6.07) is 0.480. The highest BCUT2D eigenvalue weighted by Crippen LogP contribution is 2.29. The quantitative estimate of drug-likeness (QED) is 0.722. The van der Waals surface area contributed by atoms with Crippen LogP contribution in [0.1, 0.15) is 32.1 Å². The lowest BCUT2D eigenvalue weighted by molar-refractivity contribution is -0.141. The minimum Gasteiger partial charge on any atom is -0.368 e. The van der Waals surface area contributed by atoms with Gasteiger partial charge in [-0.25, -0.2) is 0 Å². The molecule has 0 aromatic carbocycles. The lowest BCUT2D eigenvalue weighted by Gasteiger charge is -2.24. The Morgan fingerprint density at radius 3 is 2.73 bits per heavy atom. The second-order valence-electron chi connectivity index (χ2n) is 4.41. The van der Waals surface area contributed by atoms with Crippen molar-refractivity contribution in [1.82, 2.24) is 4.90 Å². The van der Waals surface area contributed by atoms with Gasteiger partial charge in [0, 0.05) is 19.2 Å². The number of ether oxygens (including phenoxy) is 1. The number of nitrogens with zero attached hydrogens (tertiary/aromatic N) is 1. The van der Waals surface area contributed by atoms with Crippen LogP contribution >= 0.6 is 0 Å². The number of amides is 1. The minimum atomic E-state index is -0.164. The van der Waals surface area contributed by atoms with E-state index in [4.69, 9.17) is 10.5 Å². The summed E-state index contributed by atoms with van der Waals surface area (Å²) in [6.45, 7) is 2.20. The molecule has 1 amide bonds. The summed E-state index contributed by atoms with van der Waals surface area (Å²) in [6.07, 6.45) is 4.96. The van der Waals surface area contributed by atoms with Crippen LogP contribution < -0.4 is 5.73 Å². The summed E-state index contributed by atoms with van der Waals surface area (Å²) in [7, 11) is 0. The van der Waals surface area contributed by atoms with Crippen molar-refractivity contribution in [2.45, 2.75) is 44.2 Å². The van der Waals surface area contributed by atoms with Gasteiger partial charge in [-0.2, -0.15) is 0 Å². The van der Waals surface area contributed by atoms with Crippen LogP contribution in [-0.4, -0.2) is 42.6 Å². The summed E-state index contributed by atoms with van der Waals surface area (Å²) in [5, 5.41) is 0. The van der Waals surface area contributed by atoms with E-state index < -0.39 is 0 Å². The molecule has 4 nitrogen and oxygen atoms in total. The molecule has 2 N–H and O–H groups in total. The molecule has 1 atom stereocenters. The molecule has 0 aromatic rings. The molecule has 15 heavy (non-hydrogen) atoms. The first kappa shape index (κ1) is 10.9. The fourth-order valence-corrected chi connectivity index (χ4v) is 2.08. The number of carbonyl (C=O) groups excluding carboxylic acids is 1. The molecule has 0 radical (unpaired) electrons. The maximum atomic E-state index is 12.1. The first-order chi connectivity index (χ1) is 7.33. The maximum Gasteiger partial charge on any atom is 0.251 e. The van der Waals surface area contributed by atoms with E-state index in [0.29, 0.717) is 12.6 Å². The van der Waals surface area contributed by atoms with E-state index in [-0.39, 0.29) is 12.0 Å². The van der Waals surface area contributed by atoms with E-state index in [1.165, 1.54) is 0 Å². The monoisotopic (exact) mass is 212 g/mol. The van der Waals surface area contributed by atoms with Crippen molar-refractivity contribution in [3.8, 4) is 0 Å². The van der Waals surface area contributed by atoms with Crippen molar-refractivity contribution < 1.29 is 9.53 Å². The SMILES string of the molecule is NCCCN(C(=O)C1CCCO1)C1CC1. The smallest absolute Gasteiger partial charge is 0.251 e. The topological polar surface area (TPSA) is 55.6 Å². The van der Waals surface area contributed by atoms with E-state index >= 15 is 0 Å². The third-order valence-corrected chi connectivity index (χ3v) is 3.08. The van der Waals surface area contributed by atoms with Crippen LogP contribution in [0.5, 0.6) is 0 Å². The Balaban J connectivity index is 1.87. The summed E-state index contributed by atoms with van der Waals surface area (Å²) in [5.41, 5.74) is 5.48. The molecular weight excluding hydrogens is 192 g/mol. The summed E-state index contributed by atoms with van der Waals surface area (Å²) in [5.74, 6) is 0.198. The Hall–Kier alpha value is -0.610. The predicted molar refractivity (Wildman–Crippen MR) is 57.4 cm³/mol. The van der Waals surface area contributed by atoms with Crippen LogP contribution in [0.15, 0.2) is 0 Å². The number of nitrogens with two attached hydrogens (primary N) is 1. The van der Waals surface area contributed by atoms with E-state index in [9.17, 15) is 4.79 Å². The predicted octanol–water partition coefficient (Wildman–Crippen LogP) is 0.505. The number of hydrogen-bond donors (Lipinski definition) is 1. The molecule has 1 saturated heterocycles. The normalized spacial score (nSPS) is 25.5. The average Bonchev–Trinajstić information content (AvgIpc) is 2.94. The van der Waals surface area contributed by atoms with Crippen molar-refractivity contribution in [3.63, 3.8) is 0 Å². The number of carbonyl (C=O) groups is 1. The van der Waals surface area contributed by atoms with Crippen LogP contribution in [0.3, 0.4) is 0 Å². The van der Waals surface area contributed by atoms with Crippen molar-refractivity contribution in [1.29, 1.82) is 0 Å². The Labute approximate surface area is 90.8 Å². The summed E-state index contributed by atoms with van der Waals surface area (Å²) >= 11 is 0. The Kier molecular flexibility index (Phi) is 3.59. The van der Waals surface area contributed by atoms with Gasteiger partial charge in [0.25, 0.3) is 5.91 Å². The maximum absolute atomic E-state index is 12.1. The van der Waals surface area contributed by atoms with Crippen molar-refractivity contribution in [2.24, 2.45) is 5.73 Å². The number of rotatable bonds is 5. The van der Waals surface area contributed by atoms with Crippen LogP contribution in [0, 0.1) is 0 Å². The highest BCUT2D eigenvalue weighted by atomic mass is 16.5. The molecule has 1 heterocycles. The van der Waals surface area contributed by atoms with Gasteiger partial charge in [0.1, 0.15) is 6.10 Å². The zero-order valence-electron chi connectivity index (χ0n) is 9.15. The van der Waals surface area contributed by atoms with Crippen LogP contribution in [0.25, 0.3) is 0 Å². The summed E-state index contributed by atoms with van der Waals surface area (Å²) in [4.78, 5) is 14.1. The van der Waals surface area contributed by atoms with E-state index in [2.05, 4.69) is 0 Å². The third-order valence-electron chi connectivity index (χ3n) is 3.08. The molecule has 1 unspecified atom stereocenters. The highest BCUT2D eigenvalue weighted by Gasteiger charge is 2.36. The zero-order chi connectivity index (χ0) is 10.7. The Bertz CT molecular complexity index is 223. The molecule has 0 bridgehead atoms. The molecule has 1 aliphatic heterocycles. The fraction of sp³-hybridized carbons (Fsp3) is 0.909. The molecule has 86 valence electrons. The van der Waals surface area contributed by atoms with Gasteiger partial charge in [-0.15, -0.1) is 0 Å². The third kappa shape index (κ3) is 2.69. The first-order valence-electron chi connectivity index (χ1n) is 5.95. The van der Waals surface area contributed by atoms with E-state index in [0.717, 1.165) is 45.3 Å². The second-order valence-corrected chi connectivity index (χ2v) is 4.41. The minimum absolute atomic E-state index is 0.164. The molecule has 4 heteroatoms. The van der Waals surface area contributed by atoms with Gasteiger partial charge < -0.3 is 15.4 Å². The molecule has 0 aromatic heterocycles. The zero-order valence-corrected chi connectivity index (χ0v) is 9.15. The Morgan fingerprint density at radius 2 is 2.20 bits per heavy atom. The van der Waals surface area contributed by atoms with E-state index in [1.807, 2.05) is 4.90 Å². The van der Waals surface area contributed by atoms with Gasteiger partial charge >= 0.3 is 0 Å². The van der Waals surface area contributed by atoms with Crippen molar-refractivity contribution >= 4 is 5.91 Å².